The number of allylic oxidation sites excluding steroid dienone is 6. The van der Waals surface area contributed by atoms with Crippen LogP contribution >= 0.6 is 0 Å². The third-order valence-electron chi connectivity index (χ3n) is 6.11. The molecule has 1 heterocycles. The fourth-order valence-corrected chi connectivity index (χ4v) is 4.24. The number of esters is 1. The number of carbonyl (C=O) groups is 1. The van der Waals surface area contributed by atoms with Crippen LogP contribution in [0.2, 0.25) is 0 Å². The number of rotatable bonds is 4. The van der Waals surface area contributed by atoms with Gasteiger partial charge in [-0.1, -0.05) is 31.6 Å². The van der Waals surface area contributed by atoms with Crippen LogP contribution in [0.5, 0.6) is 0 Å². The first-order valence-electron chi connectivity index (χ1n) is 9.61. The first-order chi connectivity index (χ1) is 13.0. The third-order valence-corrected chi connectivity index (χ3v) is 6.11. The van der Waals surface area contributed by atoms with Gasteiger partial charge in [-0.25, -0.2) is 13.6 Å². The zero-order valence-electron chi connectivity index (χ0n) is 17.3. The van der Waals surface area contributed by atoms with Crippen LogP contribution in [-0.2, 0) is 11.2 Å². The Labute approximate surface area is 165 Å². The SMILES string of the molecule is COC(=O)c1cnc(C)c(CC2=CC3=C(C=C(C(C)(F)F)CC3C)C2C)c1C. The molecule has 2 aliphatic rings. The summed E-state index contributed by atoms with van der Waals surface area (Å²) in [4.78, 5) is 16.4. The summed E-state index contributed by atoms with van der Waals surface area (Å²) in [6, 6.07) is 0. The Morgan fingerprint density at radius 3 is 2.54 bits per heavy atom. The summed E-state index contributed by atoms with van der Waals surface area (Å²) in [5.41, 5.74) is 6.73. The lowest BCUT2D eigenvalue weighted by molar-refractivity contribution is 0.0572. The van der Waals surface area contributed by atoms with Gasteiger partial charge >= 0.3 is 5.97 Å². The fourth-order valence-electron chi connectivity index (χ4n) is 4.24. The molecule has 0 aromatic carbocycles. The van der Waals surface area contributed by atoms with E-state index < -0.39 is 11.9 Å². The van der Waals surface area contributed by atoms with Crippen molar-refractivity contribution in [2.24, 2.45) is 11.8 Å². The molecular weight excluding hydrogens is 360 g/mol. The molecule has 0 saturated heterocycles. The highest BCUT2D eigenvalue weighted by Crippen LogP contribution is 2.45. The van der Waals surface area contributed by atoms with Gasteiger partial charge in [-0.2, -0.15) is 0 Å². The molecule has 0 fully saturated rings. The maximum absolute atomic E-state index is 13.9. The lowest BCUT2D eigenvalue weighted by atomic mass is 9.81. The van der Waals surface area contributed by atoms with Gasteiger partial charge in [0.2, 0.25) is 0 Å². The average Bonchev–Trinajstić information content (AvgIpc) is 2.94. The topological polar surface area (TPSA) is 39.2 Å². The molecule has 5 heteroatoms. The second-order valence-electron chi connectivity index (χ2n) is 8.04. The van der Waals surface area contributed by atoms with Crippen LogP contribution in [0.3, 0.4) is 0 Å². The van der Waals surface area contributed by atoms with Crippen LogP contribution in [0.4, 0.5) is 8.78 Å². The standard InChI is InChI=1S/C23H27F2NO2/c1-12-7-17(23(5,24)25)10-20-13(2)16(8-18(12)20)9-19-14(3)21(22(27)28-6)11-26-15(19)4/h8,10-13H,7,9H2,1-6H3. The Hall–Kier alpha value is -2.30. The zero-order chi connectivity index (χ0) is 20.8. The molecule has 0 saturated carbocycles. The van der Waals surface area contributed by atoms with E-state index in [4.69, 9.17) is 4.74 Å². The number of hydrogen-bond acceptors (Lipinski definition) is 3. The monoisotopic (exact) mass is 387 g/mol. The molecule has 0 spiro atoms. The predicted octanol–water partition coefficient (Wildman–Crippen LogP) is 5.52. The maximum Gasteiger partial charge on any atom is 0.339 e. The van der Waals surface area contributed by atoms with Crippen molar-refractivity contribution in [3.63, 3.8) is 0 Å². The van der Waals surface area contributed by atoms with Gasteiger partial charge in [-0.05, 0) is 60.5 Å². The van der Waals surface area contributed by atoms with E-state index in [-0.39, 0.29) is 17.4 Å². The smallest absolute Gasteiger partial charge is 0.339 e. The van der Waals surface area contributed by atoms with Crippen molar-refractivity contribution in [2.45, 2.75) is 53.4 Å². The normalized spacial score (nSPS) is 22.0. The van der Waals surface area contributed by atoms with E-state index in [1.54, 1.807) is 12.3 Å². The van der Waals surface area contributed by atoms with Crippen molar-refractivity contribution in [1.29, 1.82) is 0 Å². The third kappa shape index (κ3) is 3.54. The molecule has 2 unspecified atom stereocenters. The first-order valence-corrected chi connectivity index (χ1v) is 9.61. The number of nitrogens with zero attached hydrogens (tertiary/aromatic N) is 1. The minimum absolute atomic E-state index is 0.0654. The summed E-state index contributed by atoms with van der Waals surface area (Å²) < 4.78 is 32.7. The number of methoxy groups -OCH3 is 1. The Kier molecular flexibility index (Phi) is 5.30. The van der Waals surface area contributed by atoms with Crippen molar-refractivity contribution < 1.29 is 18.3 Å². The highest BCUT2D eigenvalue weighted by atomic mass is 19.3. The van der Waals surface area contributed by atoms with Gasteiger partial charge in [0.25, 0.3) is 5.92 Å². The number of hydrogen-bond donors (Lipinski definition) is 0. The molecule has 28 heavy (non-hydrogen) atoms. The van der Waals surface area contributed by atoms with Crippen LogP contribution in [-0.4, -0.2) is 24.0 Å². The predicted molar refractivity (Wildman–Crippen MR) is 106 cm³/mol. The number of halogens is 2. The van der Waals surface area contributed by atoms with Gasteiger partial charge < -0.3 is 4.74 Å². The molecule has 0 amide bonds. The van der Waals surface area contributed by atoms with Gasteiger partial charge in [-0.3, -0.25) is 4.98 Å². The largest absolute Gasteiger partial charge is 0.465 e. The minimum Gasteiger partial charge on any atom is -0.465 e. The molecule has 0 radical (unpaired) electrons. The Morgan fingerprint density at radius 2 is 1.93 bits per heavy atom. The van der Waals surface area contributed by atoms with Crippen LogP contribution in [0.15, 0.2) is 40.6 Å². The summed E-state index contributed by atoms with van der Waals surface area (Å²) in [7, 11) is 1.36. The second-order valence-corrected chi connectivity index (χ2v) is 8.04. The average molecular weight is 387 g/mol. The molecule has 1 aromatic heterocycles. The molecule has 0 bridgehead atoms. The lowest BCUT2D eigenvalue weighted by Crippen LogP contribution is -2.20. The van der Waals surface area contributed by atoms with Gasteiger partial charge in [0.15, 0.2) is 0 Å². The summed E-state index contributed by atoms with van der Waals surface area (Å²) in [5.74, 6) is -3.05. The van der Waals surface area contributed by atoms with Crippen molar-refractivity contribution in [3.8, 4) is 0 Å². The van der Waals surface area contributed by atoms with E-state index in [2.05, 4.69) is 18.0 Å². The number of carbonyl (C=O) groups excluding carboxylic acids is 1. The minimum atomic E-state index is -2.79. The van der Waals surface area contributed by atoms with E-state index in [9.17, 15) is 13.6 Å². The van der Waals surface area contributed by atoms with Crippen LogP contribution in [0, 0.1) is 25.7 Å². The number of ether oxygens (including phenoxy) is 1. The molecule has 3 nitrogen and oxygen atoms in total. The Bertz CT molecular complexity index is 919. The van der Waals surface area contributed by atoms with Crippen molar-refractivity contribution >= 4 is 5.97 Å². The van der Waals surface area contributed by atoms with Crippen LogP contribution in [0.25, 0.3) is 0 Å². The summed E-state index contributed by atoms with van der Waals surface area (Å²) in [5, 5.41) is 0. The number of aryl methyl sites for hydroxylation is 1. The van der Waals surface area contributed by atoms with Crippen molar-refractivity contribution in [1.82, 2.24) is 4.98 Å². The first kappa shape index (κ1) is 20.4. The van der Waals surface area contributed by atoms with E-state index in [1.807, 2.05) is 20.8 Å². The summed E-state index contributed by atoms with van der Waals surface area (Å²) in [6.07, 6.45) is 6.44. The molecule has 2 atom stereocenters. The summed E-state index contributed by atoms with van der Waals surface area (Å²) >= 11 is 0. The Balaban J connectivity index is 1.94. The number of aromatic nitrogens is 1. The number of alkyl halides is 2. The molecule has 0 N–H and O–H groups in total. The molecule has 2 aliphatic carbocycles. The highest BCUT2D eigenvalue weighted by Gasteiger charge is 2.36. The second kappa shape index (κ2) is 7.26. The zero-order valence-corrected chi connectivity index (χ0v) is 17.3. The Morgan fingerprint density at radius 1 is 1.25 bits per heavy atom. The lowest BCUT2D eigenvalue weighted by Gasteiger charge is -2.26. The highest BCUT2D eigenvalue weighted by molar-refractivity contribution is 5.91. The van der Waals surface area contributed by atoms with Crippen LogP contribution in [0.1, 0.15) is 54.4 Å². The van der Waals surface area contributed by atoms with E-state index in [1.165, 1.54) is 12.7 Å². The van der Waals surface area contributed by atoms with Gasteiger partial charge in [0.1, 0.15) is 0 Å². The van der Waals surface area contributed by atoms with E-state index in [0.29, 0.717) is 18.4 Å². The summed E-state index contributed by atoms with van der Waals surface area (Å²) in [6.45, 7) is 8.88. The fraction of sp³-hybridized carbons (Fsp3) is 0.478. The number of pyridine rings is 1. The van der Waals surface area contributed by atoms with Crippen molar-refractivity contribution in [3.05, 3.63) is 63.0 Å². The molecule has 3 rings (SSSR count). The molecular formula is C23H27F2NO2. The molecule has 150 valence electrons. The van der Waals surface area contributed by atoms with Gasteiger partial charge in [0, 0.05) is 24.7 Å². The van der Waals surface area contributed by atoms with Crippen molar-refractivity contribution in [2.75, 3.05) is 7.11 Å². The quantitative estimate of drug-likeness (QED) is 0.639. The maximum atomic E-state index is 13.9. The van der Waals surface area contributed by atoms with Gasteiger partial charge in [-0.15, -0.1) is 0 Å². The molecule has 1 aromatic rings. The molecule has 0 aliphatic heterocycles. The van der Waals surface area contributed by atoms with E-state index >= 15 is 0 Å². The van der Waals surface area contributed by atoms with Crippen LogP contribution < -0.4 is 0 Å². The van der Waals surface area contributed by atoms with Gasteiger partial charge in [0.05, 0.1) is 12.7 Å². The van der Waals surface area contributed by atoms with E-state index in [0.717, 1.165) is 34.9 Å².